The lowest BCUT2D eigenvalue weighted by Crippen LogP contribution is -2.36. The molecule has 1 aromatic heterocycles. The minimum atomic E-state index is -3.56. The first-order chi connectivity index (χ1) is 9.85. The normalized spacial score (nSPS) is 12.5. The molecule has 2 N–H and O–H groups in total. The quantitative estimate of drug-likeness (QED) is 0.859. The van der Waals surface area contributed by atoms with Crippen LogP contribution >= 0.6 is 0 Å². The van der Waals surface area contributed by atoms with E-state index < -0.39 is 10.0 Å². The Morgan fingerprint density at radius 3 is 2.48 bits per heavy atom. The predicted molar refractivity (Wildman–Crippen MR) is 82.6 cm³/mol. The molecule has 0 atom stereocenters. The standard InChI is InChI=1S/C15H21N3O2S/c1-4-13-16-10-14(18-13)21(19,20)17-11-15(2,3)12-8-6-5-7-9-12/h5-10,17H,4,11H2,1-3H3,(H,16,18). The maximum Gasteiger partial charge on any atom is 0.257 e. The molecule has 0 radical (unpaired) electrons. The maximum absolute atomic E-state index is 12.3. The Kier molecular flexibility index (Phi) is 4.49. The van der Waals surface area contributed by atoms with Crippen molar-refractivity contribution in [2.24, 2.45) is 0 Å². The Hall–Kier alpha value is -1.66. The molecule has 0 amide bonds. The van der Waals surface area contributed by atoms with Crippen molar-refractivity contribution < 1.29 is 8.42 Å². The van der Waals surface area contributed by atoms with Crippen LogP contribution in [0.2, 0.25) is 0 Å². The molecule has 1 heterocycles. The van der Waals surface area contributed by atoms with Gasteiger partial charge in [0.25, 0.3) is 10.0 Å². The summed E-state index contributed by atoms with van der Waals surface area (Å²) < 4.78 is 27.2. The van der Waals surface area contributed by atoms with Crippen LogP contribution in [0, 0.1) is 0 Å². The molecule has 0 saturated carbocycles. The second-order valence-corrected chi connectivity index (χ2v) is 7.36. The summed E-state index contributed by atoms with van der Waals surface area (Å²) in [6.45, 7) is 6.26. The number of aromatic nitrogens is 2. The summed E-state index contributed by atoms with van der Waals surface area (Å²) in [7, 11) is -3.56. The van der Waals surface area contributed by atoms with Gasteiger partial charge in [-0.2, -0.15) is 0 Å². The van der Waals surface area contributed by atoms with E-state index in [-0.39, 0.29) is 10.4 Å². The Morgan fingerprint density at radius 2 is 1.90 bits per heavy atom. The highest BCUT2D eigenvalue weighted by Gasteiger charge is 2.25. The molecule has 0 saturated heterocycles. The molecule has 21 heavy (non-hydrogen) atoms. The van der Waals surface area contributed by atoms with Crippen LogP contribution in [-0.2, 0) is 21.9 Å². The first-order valence-corrected chi connectivity index (χ1v) is 8.42. The van der Waals surface area contributed by atoms with E-state index in [0.29, 0.717) is 18.8 Å². The fourth-order valence-electron chi connectivity index (χ4n) is 2.00. The number of hydrogen-bond donors (Lipinski definition) is 2. The summed E-state index contributed by atoms with van der Waals surface area (Å²) >= 11 is 0. The Labute approximate surface area is 125 Å². The number of aryl methyl sites for hydroxylation is 1. The van der Waals surface area contributed by atoms with Crippen molar-refractivity contribution in [2.75, 3.05) is 6.54 Å². The van der Waals surface area contributed by atoms with Gasteiger partial charge in [0.2, 0.25) is 0 Å². The fraction of sp³-hybridized carbons (Fsp3) is 0.400. The van der Waals surface area contributed by atoms with Crippen LogP contribution < -0.4 is 4.72 Å². The van der Waals surface area contributed by atoms with E-state index >= 15 is 0 Å². The van der Waals surface area contributed by atoms with E-state index in [0.717, 1.165) is 5.56 Å². The SMILES string of the molecule is CCc1ncc(S(=O)(=O)NCC(C)(C)c2ccccc2)[nH]1. The van der Waals surface area contributed by atoms with E-state index in [9.17, 15) is 8.42 Å². The van der Waals surface area contributed by atoms with Crippen molar-refractivity contribution >= 4 is 10.0 Å². The van der Waals surface area contributed by atoms with Crippen LogP contribution in [0.5, 0.6) is 0 Å². The number of hydrogen-bond acceptors (Lipinski definition) is 3. The number of H-pyrrole nitrogens is 1. The van der Waals surface area contributed by atoms with Gasteiger partial charge in [0.05, 0.1) is 6.20 Å². The molecule has 2 aromatic rings. The topological polar surface area (TPSA) is 74.8 Å². The zero-order chi connectivity index (χ0) is 15.5. The van der Waals surface area contributed by atoms with Gasteiger partial charge < -0.3 is 4.98 Å². The number of aromatic amines is 1. The smallest absolute Gasteiger partial charge is 0.257 e. The first kappa shape index (κ1) is 15.7. The minimum Gasteiger partial charge on any atom is -0.332 e. The van der Waals surface area contributed by atoms with Gasteiger partial charge in [0, 0.05) is 18.4 Å². The Morgan fingerprint density at radius 1 is 1.24 bits per heavy atom. The maximum atomic E-state index is 12.3. The monoisotopic (exact) mass is 307 g/mol. The Balaban J connectivity index is 2.11. The molecule has 0 aliphatic carbocycles. The third kappa shape index (κ3) is 3.71. The summed E-state index contributed by atoms with van der Waals surface area (Å²) in [5.74, 6) is 0.665. The highest BCUT2D eigenvalue weighted by molar-refractivity contribution is 7.89. The van der Waals surface area contributed by atoms with Crippen LogP contribution in [0.15, 0.2) is 41.6 Å². The van der Waals surface area contributed by atoms with Gasteiger partial charge in [-0.25, -0.2) is 18.1 Å². The predicted octanol–water partition coefficient (Wildman–Crippen LogP) is 2.23. The molecule has 0 spiro atoms. The van der Waals surface area contributed by atoms with Gasteiger partial charge in [-0.3, -0.25) is 0 Å². The highest BCUT2D eigenvalue weighted by Crippen LogP contribution is 2.22. The van der Waals surface area contributed by atoms with Crippen LogP contribution in [0.3, 0.4) is 0 Å². The van der Waals surface area contributed by atoms with Crippen molar-refractivity contribution in [3.05, 3.63) is 47.9 Å². The van der Waals surface area contributed by atoms with Crippen molar-refractivity contribution in [2.45, 2.75) is 37.6 Å². The summed E-state index contributed by atoms with van der Waals surface area (Å²) in [5.41, 5.74) is 0.800. The molecule has 0 aliphatic heterocycles. The molecular weight excluding hydrogens is 286 g/mol. The Bertz CT molecular complexity index is 691. The number of sulfonamides is 1. The third-order valence-electron chi connectivity index (χ3n) is 3.49. The summed E-state index contributed by atoms with van der Waals surface area (Å²) in [6, 6.07) is 9.85. The van der Waals surface area contributed by atoms with Gasteiger partial charge in [-0.15, -0.1) is 0 Å². The summed E-state index contributed by atoms with van der Waals surface area (Å²) in [6.07, 6.45) is 2.03. The van der Waals surface area contributed by atoms with Gasteiger partial charge in [0.1, 0.15) is 5.82 Å². The van der Waals surface area contributed by atoms with Crippen molar-refractivity contribution in [1.29, 1.82) is 0 Å². The van der Waals surface area contributed by atoms with Crippen molar-refractivity contribution in [3.63, 3.8) is 0 Å². The molecule has 0 unspecified atom stereocenters. The number of rotatable bonds is 6. The van der Waals surface area contributed by atoms with Crippen LogP contribution in [0.1, 0.15) is 32.2 Å². The summed E-state index contributed by atoms with van der Waals surface area (Å²) in [4.78, 5) is 6.85. The van der Waals surface area contributed by atoms with Crippen LogP contribution in [0.4, 0.5) is 0 Å². The molecule has 0 fully saturated rings. The van der Waals surface area contributed by atoms with Gasteiger partial charge >= 0.3 is 0 Å². The molecule has 114 valence electrons. The second kappa shape index (κ2) is 5.99. The van der Waals surface area contributed by atoms with E-state index in [1.54, 1.807) is 0 Å². The zero-order valence-electron chi connectivity index (χ0n) is 12.6. The van der Waals surface area contributed by atoms with Gasteiger partial charge in [0.15, 0.2) is 5.03 Å². The van der Waals surface area contributed by atoms with Crippen molar-refractivity contribution in [1.82, 2.24) is 14.7 Å². The third-order valence-corrected chi connectivity index (χ3v) is 4.80. The van der Waals surface area contributed by atoms with Gasteiger partial charge in [-0.05, 0) is 5.56 Å². The van der Waals surface area contributed by atoms with Crippen LogP contribution in [-0.4, -0.2) is 24.9 Å². The van der Waals surface area contributed by atoms with Gasteiger partial charge in [-0.1, -0.05) is 51.1 Å². The molecule has 1 aromatic carbocycles. The lowest BCUT2D eigenvalue weighted by atomic mass is 9.85. The molecular formula is C15H21N3O2S. The van der Waals surface area contributed by atoms with Crippen molar-refractivity contribution in [3.8, 4) is 0 Å². The average Bonchev–Trinajstić information content (AvgIpc) is 2.96. The largest absolute Gasteiger partial charge is 0.332 e. The van der Waals surface area contributed by atoms with Crippen LogP contribution in [0.25, 0.3) is 0 Å². The zero-order valence-corrected chi connectivity index (χ0v) is 13.4. The van der Waals surface area contributed by atoms with E-state index in [1.165, 1.54) is 6.20 Å². The van der Waals surface area contributed by atoms with E-state index in [1.807, 2.05) is 51.1 Å². The minimum absolute atomic E-state index is 0.114. The lowest BCUT2D eigenvalue weighted by molar-refractivity contribution is 0.500. The average molecular weight is 307 g/mol. The summed E-state index contributed by atoms with van der Waals surface area (Å²) in [5, 5.41) is 0.114. The molecule has 0 bridgehead atoms. The highest BCUT2D eigenvalue weighted by atomic mass is 32.2. The molecule has 2 rings (SSSR count). The number of nitrogens with zero attached hydrogens (tertiary/aromatic N) is 1. The molecule has 5 nitrogen and oxygen atoms in total. The first-order valence-electron chi connectivity index (χ1n) is 6.94. The van der Waals surface area contributed by atoms with E-state index in [4.69, 9.17) is 0 Å². The number of nitrogens with one attached hydrogen (secondary N) is 2. The lowest BCUT2D eigenvalue weighted by Gasteiger charge is -2.25. The molecule has 0 aliphatic rings. The number of imidazole rings is 1. The second-order valence-electron chi connectivity index (χ2n) is 5.62. The number of benzene rings is 1. The van der Waals surface area contributed by atoms with E-state index in [2.05, 4.69) is 14.7 Å². The molecule has 6 heteroatoms. The fourth-order valence-corrected chi connectivity index (χ4v) is 3.15.